The molecule has 0 fully saturated rings. The molecule has 4 heteroatoms. The van der Waals surface area contributed by atoms with Gasteiger partial charge in [-0.25, -0.2) is 0 Å². The third-order valence-electron chi connectivity index (χ3n) is 2.27. The van der Waals surface area contributed by atoms with Crippen molar-refractivity contribution >= 4 is 23.0 Å². The van der Waals surface area contributed by atoms with E-state index >= 15 is 0 Å². The zero-order valence-corrected chi connectivity index (χ0v) is 10.1. The zero-order valence-electron chi connectivity index (χ0n) is 9.30. The van der Waals surface area contributed by atoms with Crippen LogP contribution in [0.15, 0.2) is 18.2 Å². The molecule has 0 aliphatic heterocycles. The molecule has 0 unspecified atom stereocenters. The van der Waals surface area contributed by atoms with Crippen LogP contribution in [0.3, 0.4) is 0 Å². The van der Waals surface area contributed by atoms with Crippen LogP contribution in [-0.2, 0) is 4.74 Å². The van der Waals surface area contributed by atoms with E-state index in [0.29, 0.717) is 17.3 Å². The number of methoxy groups -OCH3 is 1. The second-order valence-corrected chi connectivity index (χ2v) is 4.49. The maximum Gasteiger partial charge on any atom is 0.0794 e. The van der Waals surface area contributed by atoms with E-state index < -0.39 is 0 Å². The van der Waals surface area contributed by atoms with Gasteiger partial charge >= 0.3 is 0 Å². The Balaban J connectivity index is 2.69. The average Bonchev–Trinajstić information content (AvgIpc) is 2.20. The molecule has 0 atom stereocenters. The SMILES string of the molecule is COC(C)(C)CNc1cc(Cl)ccc1N. The van der Waals surface area contributed by atoms with Crippen molar-refractivity contribution in [3.63, 3.8) is 0 Å². The number of rotatable bonds is 4. The predicted octanol–water partition coefficient (Wildman–Crippen LogP) is 2.76. The van der Waals surface area contributed by atoms with Gasteiger partial charge in [0, 0.05) is 18.7 Å². The third kappa shape index (κ3) is 3.61. The summed E-state index contributed by atoms with van der Waals surface area (Å²) >= 11 is 5.87. The molecule has 0 bridgehead atoms. The summed E-state index contributed by atoms with van der Waals surface area (Å²) in [5, 5.41) is 3.88. The lowest BCUT2D eigenvalue weighted by Gasteiger charge is -2.24. The number of benzene rings is 1. The van der Waals surface area contributed by atoms with E-state index in [2.05, 4.69) is 5.32 Å². The third-order valence-corrected chi connectivity index (χ3v) is 2.51. The number of nitrogens with two attached hydrogens (primary N) is 1. The van der Waals surface area contributed by atoms with Crippen LogP contribution in [0, 0.1) is 0 Å². The number of ether oxygens (including phenoxy) is 1. The Morgan fingerprint density at radius 1 is 1.47 bits per heavy atom. The Morgan fingerprint density at radius 3 is 2.73 bits per heavy atom. The summed E-state index contributed by atoms with van der Waals surface area (Å²) in [6.45, 7) is 4.68. The standard InChI is InChI=1S/C11H17ClN2O/c1-11(2,15-3)7-14-10-6-8(12)4-5-9(10)13/h4-6,14H,7,13H2,1-3H3. The van der Waals surface area contributed by atoms with Crippen LogP contribution in [0.2, 0.25) is 5.02 Å². The van der Waals surface area contributed by atoms with E-state index in [1.807, 2.05) is 19.9 Å². The van der Waals surface area contributed by atoms with Crippen molar-refractivity contribution in [2.45, 2.75) is 19.4 Å². The molecule has 15 heavy (non-hydrogen) atoms. The molecule has 0 radical (unpaired) electrons. The molecule has 3 nitrogen and oxygen atoms in total. The van der Waals surface area contributed by atoms with Crippen molar-refractivity contribution < 1.29 is 4.74 Å². The number of nitrogen functional groups attached to an aromatic ring is 1. The molecule has 1 aromatic carbocycles. The fourth-order valence-electron chi connectivity index (χ4n) is 1.06. The average molecular weight is 229 g/mol. The second kappa shape index (κ2) is 4.73. The molecule has 1 aromatic rings. The number of hydrogen-bond donors (Lipinski definition) is 2. The first-order valence-electron chi connectivity index (χ1n) is 4.79. The molecule has 3 N–H and O–H groups in total. The molecular formula is C11H17ClN2O. The largest absolute Gasteiger partial charge is 0.397 e. The minimum atomic E-state index is -0.227. The molecule has 0 aliphatic carbocycles. The number of hydrogen-bond acceptors (Lipinski definition) is 3. The number of nitrogens with one attached hydrogen (secondary N) is 1. The van der Waals surface area contributed by atoms with E-state index in [1.54, 1.807) is 19.2 Å². The van der Waals surface area contributed by atoms with E-state index in [9.17, 15) is 0 Å². The van der Waals surface area contributed by atoms with Crippen LogP contribution >= 0.6 is 11.6 Å². The van der Waals surface area contributed by atoms with Gasteiger partial charge in [-0.15, -0.1) is 0 Å². The highest BCUT2D eigenvalue weighted by Crippen LogP contribution is 2.23. The normalized spacial score (nSPS) is 11.5. The smallest absolute Gasteiger partial charge is 0.0794 e. The molecular weight excluding hydrogens is 212 g/mol. The van der Waals surface area contributed by atoms with Gasteiger partial charge in [0.25, 0.3) is 0 Å². The molecule has 0 saturated heterocycles. The van der Waals surface area contributed by atoms with Gasteiger partial charge in [-0.1, -0.05) is 11.6 Å². The van der Waals surface area contributed by atoms with Crippen LogP contribution < -0.4 is 11.1 Å². The molecule has 0 heterocycles. The van der Waals surface area contributed by atoms with Crippen LogP contribution in [0.5, 0.6) is 0 Å². The lowest BCUT2D eigenvalue weighted by molar-refractivity contribution is 0.0344. The maximum absolute atomic E-state index is 5.87. The number of anilines is 2. The molecule has 0 aliphatic rings. The predicted molar refractivity (Wildman–Crippen MR) is 65.4 cm³/mol. The summed E-state index contributed by atoms with van der Waals surface area (Å²) in [5.41, 5.74) is 7.10. The van der Waals surface area contributed by atoms with Crippen molar-refractivity contribution in [3.05, 3.63) is 23.2 Å². The van der Waals surface area contributed by atoms with Crippen LogP contribution in [0.4, 0.5) is 11.4 Å². The molecule has 0 aromatic heterocycles. The summed E-state index contributed by atoms with van der Waals surface area (Å²) in [5.74, 6) is 0. The Bertz CT molecular complexity index is 339. The molecule has 0 amide bonds. The van der Waals surface area contributed by atoms with Gasteiger partial charge in [-0.3, -0.25) is 0 Å². The van der Waals surface area contributed by atoms with Crippen molar-refractivity contribution in [3.8, 4) is 0 Å². The quantitative estimate of drug-likeness (QED) is 0.780. The Kier molecular flexibility index (Phi) is 3.83. The fraction of sp³-hybridized carbons (Fsp3) is 0.455. The van der Waals surface area contributed by atoms with Gasteiger partial charge in [0.1, 0.15) is 0 Å². The van der Waals surface area contributed by atoms with Gasteiger partial charge < -0.3 is 15.8 Å². The minimum absolute atomic E-state index is 0.227. The first-order chi connectivity index (χ1) is 6.94. The summed E-state index contributed by atoms with van der Waals surface area (Å²) in [6, 6.07) is 5.36. The molecule has 0 saturated carbocycles. The van der Waals surface area contributed by atoms with Crippen LogP contribution in [-0.4, -0.2) is 19.3 Å². The monoisotopic (exact) mass is 228 g/mol. The van der Waals surface area contributed by atoms with E-state index in [1.165, 1.54) is 0 Å². The lowest BCUT2D eigenvalue weighted by atomic mass is 10.1. The van der Waals surface area contributed by atoms with E-state index in [4.69, 9.17) is 22.1 Å². The maximum atomic E-state index is 5.87. The van der Waals surface area contributed by atoms with Crippen LogP contribution in [0.25, 0.3) is 0 Å². The minimum Gasteiger partial charge on any atom is -0.397 e. The van der Waals surface area contributed by atoms with Gasteiger partial charge in [-0.2, -0.15) is 0 Å². The lowest BCUT2D eigenvalue weighted by Crippen LogP contribution is -2.32. The number of halogens is 1. The summed E-state index contributed by atoms with van der Waals surface area (Å²) in [7, 11) is 1.68. The Labute approximate surface area is 95.6 Å². The first-order valence-corrected chi connectivity index (χ1v) is 5.16. The molecule has 0 spiro atoms. The summed E-state index contributed by atoms with van der Waals surface area (Å²) in [6.07, 6.45) is 0. The highest BCUT2D eigenvalue weighted by atomic mass is 35.5. The second-order valence-electron chi connectivity index (χ2n) is 4.05. The highest BCUT2D eigenvalue weighted by molar-refractivity contribution is 6.31. The van der Waals surface area contributed by atoms with E-state index in [0.717, 1.165) is 5.69 Å². The van der Waals surface area contributed by atoms with Gasteiger partial charge in [0.15, 0.2) is 0 Å². The van der Waals surface area contributed by atoms with Crippen molar-refractivity contribution in [2.24, 2.45) is 0 Å². The van der Waals surface area contributed by atoms with Gasteiger partial charge in [0.05, 0.1) is 17.0 Å². The topological polar surface area (TPSA) is 47.3 Å². The summed E-state index contributed by atoms with van der Waals surface area (Å²) < 4.78 is 5.29. The molecule has 84 valence electrons. The molecule has 1 rings (SSSR count). The van der Waals surface area contributed by atoms with Crippen molar-refractivity contribution in [1.29, 1.82) is 0 Å². The fourth-order valence-corrected chi connectivity index (χ4v) is 1.23. The van der Waals surface area contributed by atoms with E-state index in [-0.39, 0.29) is 5.60 Å². The van der Waals surface area contributed by atoms with Crippen LogP contribution in [0.1, 0.15) is 13.8 Å². The van der Waals surface area contributed by atoms with Crippen molar-refractivity contribution in [2.75, 3.05) is 24.7 Å². The van der Waals surface area contributed by atoms with Gasteiger partial charge in [0.2, 0.25) is 0 Å². The van der Waals surface area contributed by atoms with Crippen molar-refractivity contribution in [1.82, 2.24) is 0 Å². The Hall–Kier alpha value is -0.930. The Morgan fingerprint density at radius 2 is 2.13 bits per heavy atom. The van der Waals surface area contributed by atoms with Gasteiger partial charge in [-0.05, 0) is 32.0 Å². The highest BCUT2D eigenvalue weighted by Gasteiger charge is 2.16. The summed E-state index contributed by atoms with van der Waals surface area (Å²) in [4.78, 5) is 0. The zero-order chi connectivity index (χ0) is 11.5. The first kappa shape index (κ1) is 12.1.